The number of ketones is 1. The SMILES string of the molecule is O=C(Cc1cncs1)c1cnccn1. The molecule has 0 radical (unpaired) electrons. The summed E-state index contributed by atoms with van der Waals surface area (Å²) in [5.74, 6) is -0.0256. The second-order valence-corrected chi connectivity index (χ2v) is 3.63. The minimum atomic E-state index is -0.0256. The predicted molar refractivity (Wildman–Crippen MR) is 52.2 cm³/mol. The lowest BCUT2D eigenvalue weighted by atomic mass is 10.2. The molecule has 0 saturated carbocycles. The highest BCUT2D eigenvalue weighted by Crippen LogP contribution is 2.08. The van der Waals surface area contributed by atoms with Crippen molar-refractivity contribution in [3.63, 3.8) is 0 Å². The molecular formula is C9H7N3OS. The zero-order chi connectivity index (χ0) is 9.80. The molecule has 14 heavy (non-hydrogen) atoms. The highest BCUT2D eigenvalue weighted by molar-refractivity contribution is 7.09. The van der Waals surface area contributed by atoms with E-state index in [2.05, 4.69) is 15.0 Å². The van der Waals surface area contributed by atoms with Crippen LogP contribution in [0.4, 0.5) is 0 Å². The summed E-state index contributed by atoms with van der Waals surface area (Å²) < 4.78 is 0. The zero-order valence-corrected chi connectivity index (χ0v) is 8.07. The van der Waals surface area contributed by atoms with Crippen LogP contribution in [-0.2, 0) is 6.42 Å². The Morgan fingerprint density at radius 1 is 1.29 bits per heavy atom. The topological polar surface area (TPSA) is 55.7 Å². The molecule has 2 heterocycles. The number of Topliss-reactive ketones (excluding diaryl/α,β-unsaturated/α-hetero) is 1. The van der Waals surface area contributed by atoms with Crippen LogP contribution in [0.25, 0.3) is 0 Å². The van der Waals surface area contributed by atoms with Crippen molar-refractivity contribution < 1.29 is 4.79 Å². The first-order chi connectivity index (χ1) is 6.86. The number of nitrogens with zero attached hydrogens (tertiary/aromatic N) is 3. The smallest absolute Gasteiger partial charge is 0.187 e. The molecule has 0 aliphatic rings. The van der Waals surface area contributed by atoms with Gasteiger partial charge in [-0.2, -0.15) is 0 Å². The van der Waals surface area contributed by atoms with E-state index in [1.165, 1.54) is 23.7 Å². The van der Waals surface area contributed by atoms with E-state index in [9.17, 15) is 4.79 Å². The molecule has 0 amide bonds. The van der Waals surface area contributed by atoms with Crippen molar-refractivity contribution in [1.29, 1.82) is 0 Å². The van der Waals surface area contributed by atoms with Gasteiger partial charge in [-0.05, 0) is 0 Å². The molecule has 0 unspecified atom stereocenters. The fourth-order valence-electron chi connectivity index (χ4n) is 1.02. The van der Waals surface area contributed by atoms with Gasteiger partial charge in [0.25, 0.3) is 0 Å². The van der Waals surface area contributed by atoms with Gasteiger partial charge in [-0.3, -0.25) is 14.8 Å². The van der Waals surface area contributed by atoms with Gasteiger partial charge in [0.2, 0.25) is 0 Å². The third-order valence-electron chi connectivity index (χ3n) is 1.67. The summed E-state index contributed by atoms with van der Waals surface area (Å²) >= 11 is 1.47. The summed E-state index contributed by atoms with van der Waals surface area (Å²) in [4.78, 5) is 24.2. The maximum atomic E-state index is 11.6. The van der Waals surface area contributed by atoms with E-state index in [-0.39, 0.29) is 5.78 Å². The van der Waals surface area contributed by atoms with Crippen LogP contribution in [0.1, 0.15) is 15.4 Å². The maximum Gasteiger partial charge on any atom is 0.187 e. The maximum absolute atomic E-state index is 11.6. The molecule has 2 aromatic rings. The third-order valence-corrected chi connectivity index (χ3v) is 2.45. The van der Waals surface area contributed by atoms with Crippen LogP contribution >= 0.6 is 11.3 Å². The second-order valence-electron chi connectivity index (χ2n) is 2.66. The first kappa shape index (κ1) is 8.96. The molecule has 0 aliphatic heterocycles. The number of aromatic nitrogens is 3. The molecule has 0 aromatic carbocycles. The average molecular weight is 205 g/mol. The summed E-state index contributed by atoms with van der Waals surface area (Å²) in [7, 11) is 0. The van der Waals surface area contributed by atoms with E-state index in [4.69, 9.17) is 0 Å². The fourth-order valence-corrected chi connectivity index (χ4v) is 1.61. The Morgan fingerprint density at radius 3 is 2.86 bits per heavy atom. The lowest BCUT2D eigenvalue weighted by molar-refractivity contribution is 0.0988. The van der Waals surface area contributed by atoms with Crippen molar-refractivity contribution in [3.8, 4) is 0 Å². The number of carbonyl (C=O) groups is 1. The number of thiazole rings is 1. The summed E-state index contributed by atoms with van der Waals surface area (Å²) in [6.45, 7) is 0. The van der Waals surface area contributed by atoms with E-state index >= 15 is 0 Å². The molecule has 2 aromatic heterocycles. The van der Waals surface area contributed by atoms with Crippen LogP contribution < -0.4 is 0 Å². The van der Waals surface area contributed by atoms with Crippen molar-refractivity contribution in [2.24, 2.45) is 0 Å². The van der Waals surface area contributed by atoms with Gasteiger partial charge in [-0.25, -0.2) is 4.98 Å². The molecule has 70 valence electrons. The highest BCUT2D eigenvalue weighted by atomic mass is 32.1. The van der Waals surface area contributed by atoms with Crippen molar-refractivity contribution in [2.45, 2.75) is 6.42 Å². The highest BCUT2D eigenvalue weighted by Gasteiger charge is 2.08. The van der Waals surface area contributed by atoms with Gasteiger partial charge in [0.1, 0.15) is 5.69 Å². The van der Waals surface area contributed by atoms with E-state index < -0.39 is 0 Å². The molecule has 2 rings (SSSR count). The summed E-state index contributed by atoms with van der Waals surface area (Å²) in [5, 5.41) is 0. The van der Waals surface area contributed by atoms with Crippen molar-refractivity contribution in [3.05, 3.63) is 40.9 Å². The molecule has 0 saturated heterocycles. The third kappa shape index (κ3) is 2.00. The molecular weight excluding hydrogens is 198 g/mol. The van der Waals surface area contributed by atoms with Gasteiger partial charge in [-0.15, -0.1) is 11.3 Å². The molecule has 0 spiro atoms. The Morgan fingerprint density at radius 2 is 2.21 bits per heavy atom. The fraction of sp³-hybridized carbons (Fsp3) is 0.111. The van der Waals surface area contributed by atoms with E-state index in [1.54, 1.807) is 17.9 Å². The normalized spacial score (nSPS) is 10.0. The lowest BCUT2D eigenvalue weighted by Gasteiger charge is -1.95. The lowest BCUT2D eigenvalue weighted by Crippen LogP contribution is -2.04. The second kappa shape index (κ2) is 4.06. The van der Waals surface area contributed by atoms with Crippen molar-refractivity contribution in [2.75, 3.05) is 0 Å². The minimum Gasteiger partial charge on any atom is -0.292 e. The molecule has 0 aliphatic carbocycles. The molecule has 5 heteroatoms. The molecule has 0 atom stereocenters. The number of hydrogen-bond acceptors (Lipinski definition) is 5. The van der Waals surface area contributed by atoms with Crippen LogP contribution in [0.5, 0.6) is 0 Å². The summed E-state index contributed by atoms with van der Waals surface area (Å²) in [6, 6.07) is 0. The van der Waals surface area contributed by atoms with Crippen LogP contribution in [0.2, 0.25) is 0 Å². The van der Waals surface area contributed by atoms with Crippen LogP contribution in [0.15, 0.2) is 30.3 Å². The Kier molecular flexibility index (Phi) is 2.60. The Balaban J connectivity index is 2.11. The van der Waals surface area contributed by atoms with Crippen molar-refractivity contribution >= 4 is 17.1 Å². The van der Waals surface area contributed by atoms with E-state index in [0.29, 0.717) is 12.1 Å². The van der Waals surface area contributed by atoms with Gasteiger partial charge in [0.05, 0.1) is 11.7 Å². The van der Waals surface area contributed by atoms with Gasteiger partial charge < -0.3 is 0 Å². The van der Waals surface area contributed by atoms with Crippen molar-refractivity contribution in [1.82, 2.24) is 15.0 Å². The number of carbonyl (C=O) groups excluding carboxylic acids is 1. The number of rotatable bonds is 3. The van der Waals surface area contributed by atoms with Gasteiger partial charge in [-0.1, -0.05) is 0 Å². The summed E-state index contributed by atoms with van der Waals surface area (Å²) in [6.07, 6.45) is 6.58. The first-order valence-corrected chi connectivity index (χ1v) is 4.91. The average Bonchev–Trinajstić information content (AvgIpc) is 2.72. The van der Waals surface area contributed by atoms with E-state index in [1.807, 2.05) is 0 Å². The standard InChI is InChI=1S/C9H7N3OS/c13-9(3-7-4-11-6-14-7)8-5-10-1-2-12-8/h1-2,4-6H,3H2. The quantitative estimate of drug-likeness (QED) is 0.710. The van der Waals surface area contributed by atoms with Gasteiger partial charge in [0, 0.05) is 29.9 Å². The zero-order valence-electron chi connectivity index (χ0n) is 7.25. The summed E-state index contributed by atoms with van der Waals surface area (Å²) in [5.41, 5.74) is 2.11. The van der Waals surface area contributed by atoms with Gasteiger partial charge in [0.15, 0.2) is 5.78 Å². The Labute approximate surface area is 84.7 Å². The molecule has 0 fully saturated rings. The van der Waals surface area contributed by atoms with E-state index in [0.717, 1.165) is 4.88 Å². The predicted octanol–water partition coefficient (Wildman–Crippen LogP) is 1.36. The van der Waals surface area contributed by atoms with Crippen LogP contribution in [-0.4, -0.2) is 20.7 Å². The largest absolute Gasteiger partial charge is 0.292 e. The Bertz CT molecular complexity index is 413. The monoisotopic (exact) mass is 205 g/mol. The number of hydrogen-bond donors (Lipinski definition) is 0. The molecule has 0 bridgehead atoms. The van der Waals surface area contributed by atoms with Crippen LogP contribution in [0.3, 0.4) is 0 Å². The Hall–Kier alpha value is -1.62. The van der Waals surface area contributed by atoms with Gasteiger partial charge >= 0.3 is 0 Å². The first-order valence-electron chi connectivity index (χ1n) is 4.03. The minimum absolute atomic E-state index is 0.0256. The molecule has 0 N–H and O–H groups in total. The molecule has 4 nitrogen and oxygen atoms in total. The van der Waals surface area contributed by atoms with Crippen LogP contribution in [0, 0.1) is 0 Å².